The number of amides is 2. The van der Waals surface area contributed by atoms with Gasteiger partial charge in [0.25, 0.3) is 0 Å². The van der Waals surface area contributed by atoms with Crippen LogP contribution in [0.1, 0.15) is 29.2 Å². The largest absolute Gasteiger partial charge is 0.324 e. The quantitative estimate of drug-likeness (QED) is 0.866. The standard InChI is InChI=1S/C23H29N3O2/c1-15-12-16(2)22(17(3)13-15)24-21(27)14-25(5)18(4)23(28)26-11-10-19-8-6-7-9-20(19)26/h6-9,12-13,18H,10-11,14H2,1-5H3,(H,24,27)/t18-/m1/s1. The van der Waals surface area contributed by atoms with Gasteiger partial charge in [0.1, 0.15) is 0 Å². The van der Waals surface area contributed by atoms with Crippen LogP contribution >= 0.6 is 0 Å². The van der Waals surface area contributed by atoms with E-state index in [2.05, 4.69) is 23.5 Å². The van der Waals surface area contributed by atoms with Crippen molar-refractivity contribution in [1.29, 1.82) is 0 Å². The number of rotatable bonds is 5. The fourth-order valence-electron chi connectivity index (χ4n) is 3.90. The van der Waals surface area contributed by atoms with Gasteiger partial charge >= 0.3 is 0 Å². The van der Waals surface area contributed by atoms with Crippen LogP contribution in [0.3, 0.4) is 0 Å². The molecule has 0 radical (unpaired) electrons. The van der Waals surface area contributed by atoms with Crippen molar-refractivity contribution in [2.45, 2.75) is 40.2 Å². The number of fused-ring (bicyclic) bond motifs is 1. The maximum absolute atomic E-state index is 13.0. The van der Waals surface area contributed by atoms with E-state index in [1.807, 2.05) is 57.8 Å². The van der Waals surface area contributed by atoms with Gasteiger partial charge in [-0.15, -0.1) is 0 Å². The van der Waals surface area contributed by atoms with Crippen LogP contribution in [-0.4, -0.2) is 42.9 Å². The van der Waals surface area contributed by atoms with E-state index in [0.717, 1.165) is 28.9 Å². The molecule has 0 aliphatic carbocycles. The van der Waals surface area contributed by atoms with Crippen molar-refractivity contribution in [2.24, 2.45) is 0 Å². The Bertz CT molecular complexity index is 883. The topological polar surface area (TPSA) is 52.7 Å². The minimum Gasteiger partial charge on any atom is -0.324 e. The molecule has 1 aliphatic heterocycles. The molecule has 2 aromatic carbocycles. The smallest absolute Gasteiger partial charge is 0.244 e. The summed E-state index contributed by atoms with van der Waals surface area (Å²) in [4.78, 5) is 29.2. The lowest BCUT2D eigenvalue weighted by Crippen LogP contribution is -2.47. The first kappa shape index (κ1) is 20.1. The summed E-state index contributed by atoms with van der Waals surface area (Å²) in [6, 6.07) is 11.8. The Morgan fingerprint density at radius 2 is 1.79 bits per heavy atom. The third-order valence-electron chi connectivity index (χ3n) is 5.51. The van der Waals surface area contributed by atoms with Gasteiger partial charge in [0, 0.05) is 17.9 Å². The third kappa shape index (κ3) is 4.09. The Balaban J connectivity index is 1.64. The fraction of sp³-hybridized carbons (Fsp3) is 0.391. The minimum atomic E-state index is -0.378. The molecule has 28 heavy (non-hydrogen) atoms. The third-order valence-corrected chi connectivity index (χ3v) is 5.51. The second-order valence-electron chi connectivity index (χ2n) is 7.78. The van der Waals surface area contributed by atoms with Crippen LogP contribution in [0.15, 0.2) is 36.4 Å². The summed E-state index contributed by atoms with van der Waals surface area (Å²) in [7, 11) is 1.82. The second kappa shape index (κ2) is 8.15. The highest BCUT2D eigenvalue weighted by molar-refractivity contribution is 5.99. The molecule has 5 heteroatoms. The number of benzene rings is 2. The predicted molar refractivity (Wildman–Crippen MR) is 114 cm³/mol. The fourth-order valence-corrected chi connectivity index (χ4v) is 3.90. The molecule has 148 valence electrons. The lowest BCUT2D eigenvalue weighted by molar-refractivity contribution is -0.124. The van der Waals surface area contributed by atoms with Crippen molar-refractivity contribution in [1.82, 2.24) is 4.90 Å². The second-order valence-corrected chi connectivity index (χ2v) is 7.78. The number of aryl methyl sites for hydroxylation is 3. The molecule has 0 saturated heterocycles. The van der Waals surface area contributed by atoms with Crippen LogP contribution in [0, 0.1) is 20.8 Å². The first-order valence-corrected chi connectivity index (χ1v) is 9.75. The van der Waals surface area contributed by atoms with E-state index in [1.165, 1.54) is 11.1 Å². The van der Waals surface area contributed by atoms with Crippen LogP contribution < -0.4 is 10.2 Å². The maximum Gasteiger partial charge on any atom is 0.244 e. The Kier molecular flexibility index (Phi) is 5.84. The van der Waals surface area contributed by atoms with Crippen LogP contribution in [-0.2, 0) is 16.0 Å². The molecule has 1 atom stereocenters. The Hall–Kier alpha value is -2.66. The van der Waals surface area contributed by atoms with Crippen molar-refractivity contribution in [3.05, 3.63) is 58.7 Å². The van der Waals surface area contributed by atoms with Gasteiger partial charge in [0.15, 0.2) is 0 Å². The van der Waals surface area contributed by atoms with Gasteiger partial charge in [0.2, 0.25) is 11.8 Å². The summed E-state index contributed by atoms with van der Waals surface area (Å²) >= 11 is 0. The summed E-state index contributed by atoms with van der Waals surface area (Å²) in [5.41, 5.74) is 6.32. The van der Waals surface area contributed by atoms with E-state index in [9.17, 15) is 9.59 Å². The first-order valence-electron chi connectivity index (χ1n) is 9.75. The van der Waals surface area contributed by atoms with Crippen LogP contribution in [0.5, 0.6) is 0 Å². The highest BCUT2D eigenvalue weighted by atomic mass is 16.2. The molecule has 3 rings (SSSR count). The molecular formula is C23H29N3O2. The van der Waals surface area contributed by atoms with E-state index >= 15 is 0 Å². The highest BCUT2D eigenvalue weighted by Gasteiger charge is 2.30. The normalized spacial score (nSPS) is 14.1. The molecule has 1 aliphatic rings. The molecule has 2 aromatic rings. The predicted octanol–water partition coefficient (Wildman–Crippen LogP) is 3.46. The summed E-state index contributed by atoms with van der Waals surface area (Å²) in [6.45, 7) is 8.76. The summed E-state index contributed by atoms with van der Waals surface area (Å²) in [6.07, 6.45) is 0.880. The molecule has 0 spiro atoms. The number of hydrogen-bond acceptors (Lipinski definition) is 3. The number of anilines is 2. The molecule has 1 N–H and O–H groups in total. The molecule has 0 bridgehead atoms. The number of hydrogen-bond donors (Lipinski definition) is 1. The maximum atomic E-state index is 13.0. The molecule has 0 saturated carbocycles. The zero-order valence-corrected chi connectivity index (χ0v) is 17.4. The van der Waals surface area contributed by atoms with Gasteiger partial charge < -0.3 is 10.2 Å². The van der Waals surface area contributed by atoms with Crippen molar-refractivity contribution < 1.29 is 9.59 Å². The highest BCUT2D eigenvalue weighted by Crippen LogP contribution is 2.28. The molecule has 1 heterocycles. The molecule has 0 fully saturated rings. The van der Waals surface area contributed by atoms with E-state index in [4.69, 9.17) is 0 Å². The molecule has 2 amide bonds. The van der Waals surface area contributed by atoms with E-state index in [-0.39, 0.29) is 24.4 Å². The van der Waals surface area contributed by atoms with Crippen molar-refractivity contribution in [3.63, 3.8) is 0 Å². The molecule has 5 nitrogen and oxygen atoms in total. The van der Waals surface area contributed by atoms with Crippen molar-refractivity contribution in [2.75, 3.05) is 30.4 Å². The Morgan fingerprint density at radius 1 is 1.14 bits per heavy atom. The summed E-state index contributed by atoms with van der Waals surface area (Å²) < 4.78 is 0. The van der Waals surface area contributed by atoms with E-state index in [0.29, 0.717) is 6.54 Å². The van der Waals surface area contributed by atoms with Gasteiger partial charge in [-0.05, 0) is 63.9 Å². The zero-order valence-electron chi connectivity index (χ0n) is 17.4. The van der Waals surface area contributed by atoms with Gasteiger partial charge in [-0.25, -0.2) is 0 Å². The molecule has 0 unspecified atom stereocenters. The van der Waals surface area contributed by atoms with Gasteiger partial charge in [-0.3, -0.25) is 14.5 Å². The van der Waals surface area contributed by atoms with E-state index < -0.39 is 0 Å². The van der Waals surface area contributed by atoms with Gasteiger partial charge in [-0.1, -0.05) is 35.9 Å². The van der Waals surface area contributed by atoms with Crippen LogP contribution in [0.4, 0.5) is 11.4 Å². The molecular weight excluding hydrogens is 350 g/mol. The number of carbonyl (C=O) groups is 2. The van der Waals surface area contributed by atoms with Gasteiger partial charge in [0.05, 0.1) is 12.6 Å². The van der Waals surface area contributed by atoms with Gasteiger partial charge in [-0.2, -0.15) is 0 Å². The van der Waals surface area contributed by atoms with Crippen molar-refractivity contribution in [3.8, 4) is 0 Å². The lowest BCUT2D eigenvalue weighted by atomic mass is 10.1. The average molecular weight is 380 g/mol. The lowest BCUT2D eigenvalue weighted by Gasteiger charge is -2.28. The number of likely N-dealkylation sites (N-methyl/N-ethyl adjacent to an activating group) is 1. The Morgan fingerprint density at radius 3 is 2.46 bits per heavy atom. The summed E-state index contributed by atoms with van der Waals surface area (Å²) in [5.74, 6) is -0.0815. The number of para-hydroxylation sites is 1. The van der Waals surface area contributed by atoms with Crippen LogP contribution in [0.25, 0.3) is 0 Å². The number of nitrogens with zero attached hydrogens (tertiary/aromatic N) is 2. The number of nitrogens with one attached hydrogen (secondary N) is 1. The zero-order chi connectivity index (χ0) is 20.4. The molecule has 0 aromatic heterocycles. The first-order chi connectivity index (χ1) is 13.3. The monoisotopic (exact) mass is 379 g/mol. The van der Waals surface area contributed by atoms with E-state index in [1.54, 1.807) is 4.90 Å². The van der Waals surface area contributed by atoms with Crippen LogP contribution in [0.2, 0.25) is 0 Å². The van der Waals surface area contributed by atoms with Crippen molar-refractivity contribution >= 4 is 23.2 Å². The minimum absolute atomic E-state index is 0.0305. The SMILES string of the molecule is Cc1cc(C)c(NC(=O)CN(C)[C@H](C)C(=O)N2CCc3ccccc32)c(C)c1. The average Bonchev–Trinajstić information content (AvgIpc) is 3.07. The number of carbonyl (C=O) groups excluding carboxylic acids is 2. The summed E-state index contributed by atoms with van der Waals surface area (Å²) in [5, 5.41) is 3.01. The Labute approximate surface area is 167 Å².